The normalized spacial score (nSPS) is 15.7. The predicted octanol–water partition coefficient (Wildman–Crippen LogP) is 5.91. The highest BCUT2D eigenvalue weighted by molar-refractivity contribution is 9.10. The Hall–Kier alpha value is -2.81. The van der Waals surface area contributed by atoms with Crippen molar-refractivity contribution in [3.63, 3.8) is 0 Å². The Balaban J connectivity index is 1.61. The number of carbonyl (C=O) groups excluding carboxylic acids is 2. The summed E-state index contributed by atoms with van der Waals surface area (Å²) in [4.78, 5) is 46.7. The zero-order valence-corrected chi connectivity index (χ0v) is 22.3. The minimum atomic E-state index is -4.73. The maximum absolute atomic E-state index is 13.6. The summed E-state index contributed by atoms with van der Waals surface area (Å²) in [6, 6.07) is 17.7. The number of hydrogen-bond donors (Lipinski definition) is 3. The van der Waals surface area contributed by atoms with Crippen LogP contribution in [0.15, 0.2) is 65.1 Å². The average molecular weight is 573 g/mol. The predicted molar refractivity (Wildman–Crippen MR) is 141 cm³/mol. The highest BCUT2D eigenvalue weighted by Crippen LogP contribution is 2.47. The molecule has 8 nitrogen and oxygen atoms in total. The second-order valence-corrected chi connectivity index (χ2v) is 10.8. The van der Waals surface area contributed by atoms with E-state index in [1.165, 1.54) is 0 Å². The number of carbonyl (C=O) groups is 2. The number of fused-ring (bicyclic) bond motifs is 1. The van der Waals surface area contributed by atoms with Gasteiger partial charge in [-0.2, -0.15) is 0 Å². The molecule has 0 saturated carbocycles. The van der Waals surface area contributed by atoms with E-state index in [0.717, 1.165) is 5.56 Å². The van der Waals surface area contributed by atoms with Gasteiger partial charge in [-0.1, -0.05) is 34.1 Å². The zero-order chi connectivity index (χ0) is 26.0. The molecular weight excluding hydrogens is 547 g/mol. The summed E-state index contributed by atoms with van der Waals surface area (Å²) in [5, 5.41) is 2.89. The van der Waals surface area contributed by atoms with Crippen molar-refractivity contribution in [3.05, 3.63) is 93.0 Å². The van der Waals surface area contributed by atoms with Gasteiger partial charge in [-0.05, 0) is 80.3 Å². The molecule has 0 fully saturated rings. The van der Waals surface area contributed by atoms with Gasteiger partial charge >= 0.3 is 7.82 Å². The molecule has 10 heteroatoms. The number of nitrogens with one attached hydrogen (secondary N) is 1. The third-order valence-electron chi connectivity index (χ3n) is 6.09. The average Bonchev–Trinajstić information content (AvgIpc) is 2.97. The van der Waals surface area contributed by atoms with Crippen LogP contribution in [0.25, 0.3) is 0 Å². The standard InChI is InChI=1S/C26H26BrN2O6P/c1-16-6-3-4-7-20(16)25(30)28-19-10-11-21(17(2)14-19)26(31)29-13-5-8-24(35-36(32,33)34)22-15-18(27)9-12-23(22)29/h3-4,6-7,9-12,14-15,24H,5,8,13H2,1-2H3,(H,28,30)(H2,32,33,34). The molecular formula is C26H26BrN2O6P. The molecule has 0 spiro atoms. The first-order chi connectivity index (χ1) is 17.0. The Morgan fingerprint density at radius 3 is 2.47 bits per heavy atom. The van der Waals surface area contributed by atoms with Crippen LogP contribution < -0.4 is 10.2 Å². The van der Waals surface area contributed by atoms with E-state index in [9.17, 15) is 23.9 Å². The first kappa shape index (κ1) is 26.3. The Kier molecular flexibility index (Phi) is 7.78. The van der Waals surface area contributed by atoms with Crippen molar-refractivity contribution in [3.8, 4) is 0 Å². The number of nitrogens with zero attached hydrogens (tertiary/aromatic N) is 1. The number of halogens is 1. The molecule has 0 saturated heterocycles. The van der Waals surface area contributed by atoms with Gasteiger partial charge in [0.15, 0.2) is 0 Å². The molecule has 0 bridgehead atoms. The molecule has 188 valence electrons. The van der Waals surface area contributed by atoms with E-state index < -0.39 is 13.9 Å². The summed E-state index contributed by atoms with van der Waals surface area (Å²) >= 11 is 3.40. The van der Waals surface area contributed by atoms with E-state index in [1.807, 2.05) is 25.1 Å². The van der Waals surface area contributed by atoms with Crippen LogP contribution in [0.3, 0.4) is 0 Å². The zero-order valence-electron chi connectivity index (χ0n) is 19.8. The van der Waals surface area contributed by atoms with Crippen LogP contribution in [0.2, 0.25) is 0 Å². The van der Waals surface area contributed by atoms with Crippen LogP contribution in [0, 0.1) is 13.8 Å². The maximum Gasteiger partial charge on any atom is 0.470 e. The Bertz CT molecular complexity index is 1370. The van der Waals surface area contributed by atoms with Crippen molar-refractivity contribution in [2.75, 3.05) is 16.8 Å². The van der Waals surface area contributed by atoms with Crippen molar-refractivity contribution >= 4 is 46.9 Å². The van der Waals surface area contributed by atoms with Crippen LogP contribution >= 0.6 is 23.8 Å². The van der Waals surface area contributed by atoms with E-state index >= 15 is 0 Å². The first-order valence-corrected chi connectivity index (χ1v) is 13.7. The van der Waals surface area contributed by atoms with Crippen molar-refractivity contribution in [1.29, 1.82) is 0 Å². The van der Waals surface area contributed by atoms with E-state index in [4.69, 9.17) is 4.52 Å². The van der Waals surface area contributed by atoms with Crippen LogP contribution in [-0.2, 0) is 9.09 Å². The summed E-state index contributed by atoms with van der Waals surface area (Å²) in [7, 11) is -4.73. The second kappa shape index (κ2) is 10.7. The first-order valence-electron chi connectivity index (χ1n) is 11.4. The van der Waals surface area contributed by atoms with Crippen molar-refractivity contribution < 1.29 is 28.5 Å². The topological polar surface area (TPSA) is 116 Å². The monoisotopic (exact) mass is 572 g/mol. The van der Waals surface area contributed by atoms with Crippen molar-refractivity contribution in [1.82, 2.24) is 0 Å². The van der Waals surface area contributed by atoms with Gasteiger partial charge < -0.3 is 20.0 Å². The van der Waals surface area contributed by atoms with Gasteiger partial charge in [-0.25, -0.2) is 4.57 Å². The lowest BCUT2D eigenvalue weighted by Gasteiger charge is -2.25. The van der Waals surface area contributed by atoms with Gasteiger partial charge in [0, 0.05) is 39.1 Å². The van der Waals surface area contributed by atoms with E-state index in [2.05, 4.69) is 21.2 Å². The minimum Gasteiger partial charge on any atom is -0.322 e. The molecule has 4 rings (SSSR count). The number of anilines is 2. The summed E-state index contributed by atoms with van der Waals surface area (Å²) in [5.74, 6) is -0.473. The number of rotatable bonds is 5. The van der Waals surface area contributed by atoms with Crippen molar-refractivity contribution in [2.45, 2.75) is 32.8 Å². The van der Waals surface area contributed by atoms with E-state index in [1.54, 1.807) is 54.3 Å². The van der Waals surface area contributed by atoms with Crippen LogP contribution in [-0.4, -0.2) is 28.1 Å². The molecule has 0 aromatic heterocycles. The molecule has 0 aliphatic carbocycles. The summed E-state index contributed by atoms with van der Waals surface area (Å²) in [6.07, 6.45) is -0.00989. The summed E-state index contributed by atoms with van der Waals surface area (Å²) in [5.41, 5.74) is 4.24. The number of aryl methyl sites for hydroxylation is 2. The van der Waals surface area contributed by atoms with Gasteiger partial charge in [0.2, 0.25) is 0 Å². The van der Waals surface area contributed by atoms with Crippen molar-refractivity contribution in [2.24, 2.45) is 0 Å². The van der Waals surface area contributed by atoms with Crippen LogP contribution in [0.5, 0.6) is 0 Å². The highest BCUT2D eigenvalue weighted by Gasteiger charge is 2.32. The fraction of sp³-hybridized carbons (Fsp3) is 0.231. The maximum atomic E-state index is 13.6. The van der Waals surface area contributed by atoms with Gasteiger partial charge in [-0.15, -0.1) is 0 Å². The molecule has 1 aliphatic rings. The van der Waals surface area contributed by atoms with Crippen LogP contribution in [0.4, 0.5) is 11.4 Å². The summed E-state index contributed by atoms with van der Waals surface area (Å²) in [6.45, 7) is 4.03. The third-order valence-corrected chi connectivity index (χ3v) is 7.11. The third kappa shape index (κ3) is 5.94. The molecule has 1 aliphatic heterocycles. The second-order valence-electron chi connectivity index (χ2n) is 8.69. The Labute approximate surface area is 217 Å². The summed E-state index contributed by atoms with van der Waals surface area (Å²) < 4.78 is 17.3. The molecule has 1 heterocycles. The highest BCUT2D eigenvalue weighted by atomic mass is 79.9. The molecule has 0 radical (unpaired) electrons. The van der Waals surface area contributed by atoms with Gasteiger partial charge in [0.1, 0.15) is 0 Å². The molecule has 36 heavy (non-hydrogen) atoms. The molecule has 1 unspecified atom stereocenters. The van der Waals surface area contributed by atoms with E-state index in [0.29, 0.717) is 57.5 Å². The lowest BCUT2D eigenvalue weighted by Crippen LogP contribution is -2.32. The number of amides is 2. The number of benzene rings is 3. The number of phosphoric ester groups is 1. The molecule has 3 aromatic carbocycles. The molecule has 3 aromatic rings. The van der Waals surface area contributed by atoms with Gasteiger partial charge in [-0.3, -0.25) is 14.1 Å². The largest absolute Gasteiger partial charge is 0.470 e. The number of phosphoric acid groups is 1. The Morgan fingerprint density at radius 1 is 1.03 bits per heavy atom. The van der Waals surface area contributed by atoms with Gasteiger partial charge in [0.25, 0.3) is 11.8 Å². The van der Waals surface area contributed by atoms with E-state index in [-0.39, 0.29) is 11.8 Å². The molecule has 1 atom stereocenters. The lowest BCUT2D eigenvalue weighted by atomic mass is 10.0. The fourth-order valence-corrected chi connectivity index (χ4v) is 5.31. The van der Waals surface area contributed by atoms with Gasteiger partial charge in [0.05, 0.1) is 6.10 Å². The molecule has 3 N–H and O–H groups in total. The lowest BCUT2D eigenvalue weighted by molar-refractivity contribution is 0.0984. The quantitative estimate of drug-likeness (QED) is 0.327. The SMILES string of the molecule is Cc1ccccc1C(=O)Nc1ccc(C(=O)N2CCCC(OP(=O)(O)O)c3cc(Br)ccc32)c(C)c1. The Morgan fingerprint density at radius 2 is 1.78 bits per heavy atom. The minimum absolute atomic E-state index is 0.227. The van der Waals surface area contributed by atoms with Crippen LogP contribution in [0.1, 0.15) is 56.4 Å². The smallest absolute Gasteiger partial charge is 0.322 e. The number of hydrogen-bond acceptors (Lipinski definition) is 4. The molecule has 2 amide bonds. The fourth-order valence-electron chi connectivity index (χ4n) is 4.38.